The van der Waals surface area contributed by atoms with Crippen LogP contribution in [0.4, 0.5) is 10.1 Å². The van der Waals surface area contributed by atoms with Gasteiger partial charge >= 0.3 is 0 Å². The first-order chi connectivity index (χ1) is 11.0. The van der Waals surface area contributed by atoms with Gasteiger partial charge in [-0.2, -0.15) is 5.10 Å². The monoisotopic (exact) mass is 349 g/mol. The minimum absolute atomic E-state index is 0.0326. The van der Waals surface area contributed by atoms with Gasteiger partial charge in [-0.1, -0.05) is 23.2 Å². The number of rotatable bonds is 3. The molecule has 4 nitrogen and oxygen atoms in total. The van der Waals surface area contributed by atoms with E-state index in [-0.39, 0.29) is 10.6 Å². The molecule has 0 bridgehead atoms. The van der Waals surface area contributed by atoms with Crippen molar-refractivity contribution in [2.75, 3.05) is 5.32 Å². The highest BCUT2D eigenvalue weighted by atomic mass is 35.5. The molecule has 0 fully saturated rings. The predicted octanol–water partition coefficient (Wildman–Crippen LogP) is 4.57. The number of amides is 1. The summed E-state index contributed by atoms with van der Waals surface area (Å²) in [7, 11) is 0. The first-order valence-corrected chi connectivity index (χ1v) is 7.36. The van der Waals surface area contributed by atoms with Crippen LogP contribution < -0.4 is 5.32 Å². The maximum Gasteiger partial charge on any atom is 0.257 e. The number of nitrogens with zero attached hydrogens (tertiary/aromatic N) is 2. The Morgan fingerprint density at radius 2 is 2.00 bits per heavy atom. The van der Waals surface area contributed by atoms with Crippen LogP contribution in [0.1, 0.15) is 10.4 Å². The van der Waals surface area contributed by atoms with Gasteiger partial charge in [0.25, 0.3) is 5.91 Å². The van der Waals surface area contributed by atoms with Crippen molar-refractivity contribution < 1.29 is 9.18 Å². The molecule has 0 radical (unpaired) electrons. The van der Waals surface area contributed by atoms with Crippen molar-refractivity contribution in [3.63, 3.8) is 0 Å². The van der Waals surface area contributed by atoms with Crippen LogP contribution in [0.5, 0.6) is 0 Å². The van der Waals surface area contributed by atoms with Crippen molar-refractivity contribution in [2.45, 2.75) is 0 Å². The molecule has 0 aliphatic carbocycles. The average Bonchev–Trinajstić information content (AvgIpc) is 3.01. The minimum atomic E-state index is -0.508. The summed E-state index contributed by atoms with van der Waals surface area (Å²) < 4.78 is 14.7. The standard InChI is InChI=1S/C16H10Cl2FN3O/c17-10-2-5-15(22-7-1-6-20-22)14(8-10)21-16(23)12-4-3-11(19)9-13(12)18/h1-9H,(H,21,23). The summed E-state index contributed by atoms with van der Waals surface area (Å²) in [6.45, 7) is 0. The minimum Gasteiger partial charge on any atom is -0.320 e. The lowest BCUT2D eigenvalue weighted by molar-refractivity contribution is 0.102. The molecule has 0 aliphatic heterocycles. The van der Waals surface area contributed by atoms with Gasteiger partial charge in [-0.05, 0) is 42.5 Å². The van der Waals surface area contributed by atoms with E-state index in [4.69, 9.17) is 23.2 Å². The Balaban J connectivity index is 1.96. The molecule has 1 N–H and O–H groups in total. The third kappa shape index (κ3) is 3.36. The first kappa shape index (κ1) is 15.5. The maximum atomic E-state index is 13.1. The lowest BCUT2D eigenvalue weighted by Gasteiger charge is -2.12. The summed E-state index contributed by atoms with van der Waals surface area (Å²) in [6.07, 6.45) is 3.36. The quantitative estimate of drug-likeness (QED) is 0.752. The van der Waals surface area contributed by atoms with Gasteiger partial charge in [-0.15, -0.1) is 0 Å². The molecule has 3 rings (SSSR count). The number of anilines is 1. The first-order valence-electron chi connectivity index (χ1n) is 6.60. The van der Waals surface area contributed by atoms with Crippen LogP contribution in [0.2, 0.25) is 10.0 Å². The molecule has 0 saturated carbocycles. The summed E-state index contributed by atoms with van der Waals surface area (Å²) in [5.74, 6) is -0.975. The van der Waals surface area contributed by atoms with Gasteiger partial charge in [0.15, 0.2) is 0 Å². The molecule has 23 heavy (non-hydrogen) atoms. The number of hydrogen-bond acceptors (Lipinski definition) is 2. The zero-order chi connectivity index (χ0) is 16.4. The zero-order valence-electron chi connectivity index (χ0n) is 11.6. The Morgan fingerprint density at radius 1 is 1.17 bits per heavy atom. The van der Waals surface area contributed by atoms with E-state index < -0.39 is 11.7 Å². The fourth-order valence-corrected chi connectivity index (χ4v) is 2.51. The van der Waals surface area contributed by atoms with E-state index in [9.17, 15) is 9.18 Å². The summed E-state index contributed by atoms with van der Waals surface area (Å²) in [5, 5.41) is 7.35. The molecular formula is C16H10Cl2FN3O. The van der Waals surface area contributed by atoms with Crippen molar-refractivity contribution in [1.82, 2.24) is 9.78 Å². The molecule has 1 aromatic heterocycles. The zero-order valence-corrected chi connectivity index (χ0v) is 13.1. The van der Waals surface area contributed by atoms with Gasteiger partial charge in [-0.25, -0.2) is 9.07 Å². The number of carbonyl (C=O) groups is 1. The highest BCUT2D eigenvalue weighted by Crippen LogP contribution is 2.26. The second kappa shape index (κ2) is 6.40. The molecule has 2 aromatic carbocycles. The molecular weight excluding hydrogens is 340 g/mol. The van der Waals surface area contributed by atoms with Gasteiger partial charge in [0.1, 0.15) is 5.82 Å². The van der Waals surface area contributed by atoms with Gasteiger partial charge in [0, 0.05) is 17.4 Å². The average molecular weight is 350 g/mol. The molecule has 0 spiro atoms. The van der Waals surface area contributed by atoms with Crippen molar-refractivity contribution in [2.24, 2.45) is 0 Å². The molecule has 3 aromatic rings. The maximum absolute atomic E-state index is 13.1. The van der Waals surface area contributed by atoms with Crippen LogP contribution >= 0.6 is 23.2 Å². The Kier molecular flexibility index (Phi) is 4.32. The fraction of sp³-hybridized carbons (Fsp3) is 0. The van der Waals surface area contributed by atoms with Crippen molar-refractivity contribution in [3.8, 4) is 5.69 Å². The van der Waals surface area contributed by atoms with Crippen LogP contribution in [0.25, 0.3) is 5.69 Å². The summed E-state index contributed by atoms with van der Waals surface area (Å²) in [6, 6.07) is 10.4. The van der Waals surface area contributed by atoms with Crippen molar-refractivity contribution in [1.29, 1.82) is 0 Å². The van der Waals surface area contributed by atoms with Crippen LogP contribution in [-0.2, 0) is 0 Å². The third-order valence-electron chi connectivity index (χ3n) is 3.13. The molecule has 0 atom stereocenters. The number of hydrogen-bond donors (Lipinski definition) is 1. The SMILES string of the molecule is O=C(Nc1cc(Cl)ccc1-n1cccn1)c1ccc(F)cc1Cl. The Labute approximate surface area is 141 Å². The van der Waals surface area contributed by atoms with E-state index >= 15 is 0 Å². The third-order valence-corrected chi connectivity index (χ3v) is 3.68. The predicted molar refractivity (Wildman–Crippen MR) is 87.9 cm³/mol. The van der Waals surface area contributed by atoms with Gasteiger partial charge in [0.05, 0.1) is 22.0 Å². The van der Waals surface area contributed by atoms with Crippen molar-refractivity contribution in [3.05, 3.63) is 76.3 Å². The molecule has 116 valence electrons. The highest BCUT2D eigenvalue weighted by molar-refractivity contribution is 6.34. The topological polar surface area (TPSA) is 46.9 Å². The normalized spacial score (nSPS) is 10.6. The van der Waals surface area contributed by atoms with Gasteiger partial charge < -0.3 is 5.32 Å². The number of benzene rings is 2. The Morgan fingerprint density at radius 3 is 2.70 bits per heavy atom. The molecule has 0 unspecified atom stereocenters. The van der Waals surface area contributed by atoms with E-state index in [0.717, 1.165) is 6.07 Å². The summed E-state index contributed by atoms with van der Waals surface area (Å²) >= 11 is 11.9. The van der Waals surface area contributed by atoms with Crippen LogP contribution in [0, 0.1) is 5.82 Å². The summed E-state index contributed by atoms with van der Waals surface area (Å²) in [5.41, 5.74) is 1.28. The number of aromatic nitrogens is 2. The molecule has 0 aliphatic rings. The summed E-state index contributed by atoms with van der Waals surface area (Å²) in [4.78, 5) is 12.4. The van der Waals surface area contributed by atoms with E-state index in [2.05, 4.69) is 10.4 Å². The largest absolute Gasteiger partial charge is 0.320 e. The van der Waals surface area contributed by atoms with Gasteiger partial charge in [0.2, 0.25) is 0 Å². The molecule has 1 amide bonds. The second-order valence-electron chi connectivity index (χ2n) is 4.69. The van der Waals surface area contributed by atoms with Crippen molar-refractivity contribution >= 4 is 34.8 Å². The van der Waals surface area contributed by atoms with Crippen LogP contribution in [0.15, 0.2) is 54.9 Å². The van der Waals surface area contributed by atoms with E-state index in [1.54, 1.807) is 41.3 Å². The lowest BCUT2D eigenvalue weighted by Crippen LogP contribution is -2.14. The highest BCUT2D eigenvalue weighted by Gasteiger charge is 2.14. The van der Waals surface area contributed by atoms with Gasteiger partial charge in [-0.3, -0.25) is 4.79 Å². The molecule has 0 saturated heterocycles. The number of nitrogens with one attached hydrogen (secondary N) is 1. The lowest BCUT2D eigenvalue weighted by atomic mass is 10.2. The molecule has 7 heteroatoms. The Bertz CT molecular complexity index is 866. The molecule has 1 heterocycles. The number of carbonyl (C=O) groups excluding carboxylic acids is 1. The van der Waals surface area contributed by atoms with E-state index in [1.807, 2.05) is 0 Å². The smallest absolute Gasteiger partial charge is 0.257 e. The van der Waals surface area contributed by atoms with Crippen LogP contribution in [-0.4, -0.2) is 15.7 Å². The van der Waals surface area contributed by atoms with E-state index in [1.165, 1.54) is 12.1 Å². The van der Waals surface area contributed by atoms with Crippen LogP contribution in [0.3, 0.4) is 0 Å². The number of halogens is 3. The van der Waals surface area contributed by atoms with E-state index in [0.29, 0.717) is 16.4 Å². The second-order valence-corrected chi connectivity index (χ2v) is 5.53. The Hall–Kier alpha value is -2.37. The fourth-order valence-electron chi connectivity index (χ4n) is 2.08.